The molecular formula is C29H41ClN6O3. The van der Waals surface area contributed by atoms with Crippen LogP contribution in [0.15, 0.2) is 24.3 Å². The van der Waals surface area contributed by atoms with Crippen LogP contribution in [-0.4, -0.2) is 91.6 Å². The molecule has 2 aromatic rings. The van der Waals surface area contributed by atoms with Gasteiger partial charge in [-0.1, -0.05) is 11.6 Å². The van der Waals surface area contributed by atoms with Crippen molar-refractivity contribution < 1.29 is 14.3 Å². The standard InChI is InChI=1S/C29H41ClN6O3/c1-29(2,3)39-28(37)31-22-9-14-35(15-10-22)23-7-5-21(6-8-23)26-32-25(30)24-11-16-36(27(24)33-26)13-4-12-34-17-19-38-20-18-34/h5-8,22H,4,9-20H2,1-3H3,(H,31,37). The maximum Gasteiger partial charge on any atom is 0.407 e. The number of anilines is 2. The zero-order chi connectivity index (χ0) is 27.4. The van der Waals surface area contributed by atoms with Gasteiger partial charge in [0.1, 0.15) is 16.6 Å². The lowest BCUT2D eigenvalue weighted by Gasteiger charge is -2.34. The number of fused-ring (bicyclic) bond motifs is 1. The van der Waals surface area contributed by atoms with Crippen molar-refractivity contribution in [1.82, 2.24) is 20.2 Å². The Labute approximate surface area is 236 Å². The predicted octanol–water partition coefficient (Wildman–Crippen LogP) is 4.38. The number of piperidine rings is 1. The molecule has 0 atom stereocenters. The summed E-state index contributed by atoms with van der Waals surface area (Å²) >= 11 is 6.64. The predicted molar refractivity (Wildman–Crippen MR) is 155 cm³/mol. The Balaban J connectivity index is 1.17. The first kappa shape index (κ1) is 27.9. The second-order valence-electron chi connectivity index (χ2n) is 11.6. The Bertz CT molecular complexity index is 1130. The number of ether oxygens (including phenoxy) is 2. The molecule has 39 heavy (non-hydrogen) atoms. The van der Waals surface area contributed by atoms with Crippen molar-refractivity contribution in [3.8, 4) is 11.4 Å². The molecule has 9 nitrogen and oxygen atoms in total. The molecule has 0 radical (unpaired) electrons. The number of benzene rings is 1. The van der Waals surface area contributed by atoms with Crippen LogP contribution in [0.2, 0.25) is 5.15 Å². The fourth-order valence-electron chi connectivity index (χ4n) is 5.51. The second-order valence-corrected chi connectivity index (χ2v) is 12.0. The van der Waals surface area contributed by atoms with Gasteiger partial charge >= 0.3 is 6.09 Å². The van der Waals surface area contributed by atoms with E-state index in [9.17, 15) is 4.79 Å². The number of alkyl carbamates (subject to hydrolysis) is 1. The number of hydrogen-bond donors (Lipinski definition) is 1. The molecule has 2 saturated heterocycles. The summed E-state index contributed by atoms with van der Waals surface area (Å²) < 4.78 is 10.9. The molecule has 1 aromatic carbocycles. The van der Waals surface area contributed by atoms with E-state index in [1.54, 1.807) is 0 Å². The maximum atomic E-state index is 12.1. The van der Waals surface area contributed by atoms with Gasteiger partial charge < -0.3 is 24.6 Å². The lowest BCUT2D eigenvalue weighted by Crippen LogP contribution is -2.46. The largest absolute Gasteiger partial charge is 0.444 e. The molecule has 2 fully saturated rings. The fourth-order valence-corrected chi connectivity index (χ4v) is 5.77. The summed E-state index contributed by atoms with van der Waals surface area (Å²) in [7, 11) is 0. The van der Waals surface area contributed by atoms with Crippen molar-refractivity contribution in [3.63, 3.8) is 0 Å². The average molecular weight is 557 g/mol. The first-order chi connectivity index (χ1) is 18.7. The second kappa shape index (κ2) is 12.3. The third kappa shape index (κ3) is 7.32. The molecule has 0 spiro atoms. The highest BCUT2D eigenvalue weighted by Gasteiger charge is 2.26. The van der Waals surface area contributed by atoms with Gasteiger partial charge in [-0.15, -0.1) is 0 Å². The molecule has 1 N–H and O–H groups in total. The summed E-state index contributed by atoms with van der Waals surface area (Å²) in [5, 5.41) is 3.57. The van der Waals surface area contributed by atoms with E-state index in [2.05, 4.69) is 49.3 Å². The van der Waals surface area contributed by atoms with Gasteiger partial charge in [-0.2, -0.15) is 0 Å². The van der Waals surface area contributed by atoms with E-state index in [0.717, 1.165) is 107 Å². The molecule has 0 unspecified atom stereocenters. The summed E-state index contributed by atoms with van der Waals surface area (Å²) in [5.74, 6) is 1.65. The first-order valence-electron chi connectivity index (χ1n) is 14.2. The van der Waals surface area contributed by atoms with Crippen molar-refractivity contribution in [1.29, 1.82) is 0 Å². The van der Waals surface area contributed by atoms with Gasteiger partial charge in [-0.3, -0.25) is 4.90 Å². The zero-order valence-corrected chi connectivity index (χ0v) is 24.2. The topological polar surface area (TPSA) is 83.1 Å². The first-order valence-corrected chi connectivity index (χ1v) is 14.6. The molecule has 3 aliphatic heterocycles. The summed E-state index contributed by atoms with van der Waals surface area (Å²) in [6.45, 7) is 14.1. The normalized spacial score (nSPS) is 18.8. The quantitative estimate of drug-likeness (QED) is 0.503. The van der Waals surface area contributed by atoms with E-state index < -0.39 is 5.60 Å². The number of amides is 1. The molecule has 3 aliphatic rings. The minimum Gasteiger partial charge on any atom is -0.444 e. The van der Waals surface area contributed by atoms with Gasteiger partial charge in [0.25, 0.3) is 0 Å². The Hall–Kier alpha value is -2.62. The number of nitrogens with one attached hydrogen (secondary N) is 1. The fraction of sp³-hybridized carbons (Fsp3) is 0.621. The highest BCUT2D eigenvalue weighted by Crippen LogP contribution is 2.34. The van der Waals surface area contributed by atoms with Crippen molar-refractivity contribution >= 4 is 29.2 Å². The highest BCUT2D eigenvalue weighted by atomic mass is 35.5. The molecule has 10 heteroatoms. The minimum atomic E-state index is -0.485. The molecule has 0 aliphatic carbocycles. The molecule has 1 amide bonds. The Morgan fingerprint density at radius 3 is 2.46 bits per heavy atom. The van der Waals surface area contributed by atoms with Crippen LogP contribution in [0.4, 0.5) is 16.3 Å². The minimum absolute atomic E-state index is 0.133. The van der Waals surface area contributed by atoms with Crippen LogP contribution in [0, 0.1) is 0 Å². The lowest BCUT2D eigenvalue weighted by atomic mass is 10.0. The Morgan fingerprint density at radius 1 is 1.05 bits per heavy atom. The van der Waals surface area contributed by atoms with Crippen molar-refractivity contribution in [3.05, 3.63) is 35.0 Å². The van der Waals surface area contributed by atoms with Crippen LogP contribution in [0.3, 0.4) is 0 Å². The summed E-state index contributed by atoms with van der Waals surface area (Å²) in [4.78, 5) is 28.9. The van der Waals surface area contributed by atoms with Crippen LogP contribution >= 0.6 is 11.6 Å². The maximum absolute atomic E-state index is 12.1. The van der Waals surface area contributed by atoms with E-state index in [1.165, 1.54) is 0 Å². The van der Waals surface area contributed by atoms with Crippen LogP contribution < -0.4 is 15.1 Å². The van der Waals surface area contributed by atoms with E-state index >= 15 is 0 Å². The third-order valence-electron chi connectivity index (χ3n) is 7.58. The van der Waals surface area contributed by atoms with Gasteiger partial charge in [0, 0.05) is 68.7 Å². The van der Waals surface area contributed by atoms with Crippen LogP contribution in [0.5, 0.6) is 0 Å². The Kier molecular flexibility index (Phi) is 8.79. The molecular weight excluding hydrogens is 516 g/mol. The smallest absolute Gasteiger partial charge is 0.407 e. The number of carbonyl (C=O) groups excluding carboxylic acids is 1. The van der Waals surface area contributed by atoms with Gasteiger partial charge in [-0.25, -0.2) is 14.8 Å². The molecule has 212 valence electrons. The summed E-state index contributed by atoms with van der Waals surface area (Å²) in [6, 6.07) is 8.55. The number of carbonyl (C=O) groups is 1. The van der Waals surface area contributed by atoms with Crippen LogP contribution in [0.1, 0.15) is 45.6 Å². The average Bonchev–Trinajstić information content (AvgIpc) is 3.32. The summed E-state index contributed by atoms with van der Waals surface area (Å²) in [6.07, 6.45) is 3.41. The number of nitrogens with zero attached hydrogens (tertiary/aromatic N) is 5. The van der Waals surface area contributed by atoms with E-state index in [0.29, 0.717) is 11.0 Å². The van der Waals surface area contributed by atoms with Gasteiger partial charge in [-0.05, 0) is 70.7 Å². The van der Waals surface area contributed by atoms with Crippen molar-refractivity contribution in [2.45, 2.75) is 58.1 Å². The van der Waals surface area contributed by atoms with Gasteiger partial charge in [0.15, 0.2) is 5.82 Å². The molecule has 0 saturated carbocycles. The molecule has 4 heterocycles. The summed E-state index contributed by atoms with van der Waals surface area (Å²) in [5.41, 5.74) is 2.70. The Morgan fingerprint density at radius 2 is 1.77 bits per heavy atom. The molecule has 0 bridgehead atoms. The number of aromatic nitrogens is 2. The number of halogens is 1. The van der Waals surface area contributed by atoms with Crippen molar-refractivity contribution in [2.24, 2.45) is 0 Å². The zero-order valence-electron chi connectivity index (χ0n) is 23.4. The van der Waals surface area contributed by atoms with Gasteiger partial charge in [0.2, 0.25) is 0 Å². The van der Waals surface area contributed by atoms with E-state index in [4.69, 9.17) is 26.1 Å². The number of rotatable bonds is 7. The SMILES string of the molecule is CC(C)(C)OC(=O)NC1CCN(c2ccc(-c3nc(Cl)c4c(n3)N(CCCN3CCOCC3)CC4)cc2)CC1. The molecule has 1 aromatic heterocycles. The van der Waals surface area contributed by atoms with E-state index in [1.807, 2.05) is 20.8 Å². The molecule has 5 rings (SSSR count). The lowest BCUT2D eigenvalue weighted by molar-refractivity contribution is 0.0376. The van der Waals surface area contributed by atoms with Crippen LogP contribution in [-0.2, 0) is 15.9 Å². The van der Waals surface area contributed by atoms with Crippen LogP contribution in [0.25, 0.3) is 11.4 Å². The number of hydrogen-bond acceptors (Lipinski definition) is 8. The van der Waals surface area contributed by atoms with E-state index in [-0.39, 0.29) is 12.1 Å². The third-order valence-corrected chi connectivity index (χ3v) is 7.89. The van der Waals surface area contributed by atoms with Crippen molar-refractivity contribution in [2.75, 3.05) is 68.8 Å². The monoisotopic (exact) mass is 556 g/mol. The highest BCUT2D eigenvalue weighted by molar-refractivity contribution is 6.30. The number of morpholine rings is 1. The van der Waals surface area contributed by atoms with Gasteiger partial charge in [0.05, 0.1) is 13.2 Å².